The van der Waals surface area contributed by atoms with E-state index in [1.165, 1.54) is 55.0 Å². The minimum absolute atomic E-state index is 0.0517. The van der Waals surface area contributed by atoms with Gasteiger partial charge in [0, 0.05) is 12.1 Å². The van der Waals surface area contributed by atoms with Crippen molar-refractivity contribution in [1.29, 1.82) is 0 Å². The number of rotatable bonds is 6. The SMILES string of the molecule is Cc1ccc(N2C(=O)C3=C(c4ccco4)N(c4ccc(C(F)(F)F)cc4[N+](=O)[O-])C(=O)C3=C2c2ccco2)c([N+](=O)[O-])c1. The molecule has 4 aromatic rings. The molecule has 216 valence electrons. The molecule has 0 radical (unpaired) electrons. The van der Waals surface area contributed by atoms with Crippen LogP contribution in [0, 0.1) is 27.2 Å². The van der Waals surface area contributed by atoms with Gasteiger partial charge in [-0.1, -0.05) is 6.07 Å². The summed E-state index contributed by atoms with van der Waals surface area (Å²) in [5.74, 6) is -2.16. The van der Waals surface area contributed by atoms with Crippen LogP contribution in [0.15, 0.2) is 93.2 Å². The Bertz CT molecular complexity index is 1930. The molecular formula is C28H15F3N4O8. The zero-order valence-electron chi connectivity index (χ0n) is 21.6. The largest absolute Gasteiger partial charge is 0.463 e. The van der Waals surface area contributed by atoms with Gasteiger partial charge < -0.3 is 8.83 Å². The fourth-order valence-electron chi connectivity index (χ4n) is 5.06. The number of carbonyl (C=O) groups excluding carboxylic acids is 2. The molecule has 6 rings (SSSR count). The van der Waals surface area contributed by atoms with E-state index in [1.54, 1.807) is 6.92 Å². The number of nitro groups is 2. The lowest BCUT2D eigenvalue weighted by Gasteiger charge is -2.24. The predicted molar refractivity (Wildman–Crippen MR) is 142 cm³/mol. The summed E-state index contributed by atoms with van der Waals surface area (Å²) in [6.07, 6.45) is -2.49. The van der Waals surface area contributed by atoms with Crippen LogP contribution in [-0.4, -0.2) is 21.7 Å². The second-order valence-corrected chi connectivity index (χ2v) is 9.39. The van der Waals surface area contributed by atoms with Gasteiger partial charge in [-0.2, -0.15) is 13.2 Å². The van der Waals surface area contributed by atoms with Crippen LogP contribution in [0.3, 0.4) is 0 Å². The molecule has 0 unspecified atom stereocenters. The van der Waals surface area contributed by atoms with Crippen molar-refractivity contribution in [3.05, 3.63) is 127 Å². The van der Waals surface area contributed by atoms with Crippen molar-refractivity contribution in [3.63, 3.8) is 0 Å². The van der Waals surface area contributed by atoms with Gasteiger partial charge in [-0.25, -0.2) is 0 Å². The number of hydrogen-bond donors (Lipinski definition) is 0. The van der Waals surface area contributed by atoms with Gasteiger partial charge in [-0.3, -0.25) is 39.6 Å². The summed E-state index contributed by atoms with van der Waals surface area (Å²) in [7, 11) is 0. The molecule has 12 nitrogen and oxygen atoms in total. The maximum atomic E-state index is 14.2. The summed E-state index contributed by atoms with van der Waals surface area (Å²) in [6.45, 7) is 1.61. The number of nitrogens with zero attached hydrogens (tertiary/aromatic N) is 4. The molecule has 2 aromatic carbocycles. The molecule has 0 aliphatic carbocycles. The molecule has 43 heavy (non-hydrogen) atoms. The van der Waals surface area contributed by atoms with Crippen LogP contribution in [0.2, 0.25) is 0 Å². The van der Waals surface area contributed by atoms with E-state index in [1.807, 2.05) is 0 Å². The van der Waals surface area contributed by atoms with Crippen LogP contribution in [-0.2, 0) is 15.8 Å². The lowest BCUT2D eigenvalue weighted by molar-refractivity contribution is -0.384. The Morgan fingerprint density at radius 1 is 0.721 bits per heavy atom. The van der Waals surface area contributed by atoms with Crippen LogP contribution in [0.1, 0.15) is 22.6 Å². The average Bonchev–Trinajstić information content (AvgIpc) is 3.75. The van der Waals surface area contributed by atoms with Crippen molar-refractivity contribution in [3.8, 4) is 0 Å². The topological polar surface area (TPSA) is 153 Å². The Morgan fingerprint density at radius 3 is 1.60 bits per heavy atom. The Morgan fingerprint density at radius 2 is 1.19 bits per heavy atom. The highest BCUT2D eigenvalue weighted by Gasteiger charge is 2.53. The van der Waals surface area contributed by atoms with Gasteiger partial charge in [0.2, 0.25) is 0 Å². The smallest absolute Gasteiger partial charge is 0.416 e. The number of alkyl halides is 3. The van der Waals surface area contributed by atoms with E-state index in [2.05, 4.69) is 0 Å². The Labute approximate surface area is 237 Å². The van der Waals surface area contributed by atoms with Gasteiger partial charge in [0.25, 0.3) is 23.2 Å². The third-order valence-electron chi connectivity index (χ3n) is 6.82. The fraction of sp³-hybridized carbons (Fsp3) is 0.0714. The number of furan rings is 2. The van der Waals surface area contributed by atoms with E-state index < -0.39 is 50.5 Å². The molecule has 2 aromatic heterocycles. The van der Waals surface area contributed by atoms with Crippen LogP contribution in [0.4, 0.5) is 35.9 Å². The van der Waals surface area contributed by atoms with E-state index in [-0.39, 0.29) is 45.8 Å². The maximum Gasteiger partial charge on any atom is 0.416 e. The second-order valence-electron chi connectivity index (χ2n) is 9.39. The number of carbonyl (C=O) groups is 2. The van der Waals surface area contributed by atoms with E-state index >= 15 is 0 Å². The number of anilines is 2. The Hall–Kier alpha value is -5.99. The van der Waals surface area contributed by atoms with Crippen molar-refractivity contribution < 1.29 is 41.4 Å². The molecule has 4 heterocycles. The van der Waals surface area contributed by atoms with Crippen LogP contribution >= 0.6 is 0 Å². The lowest BCUT2D eigenvalue weighted by Crippen LogP contribution is -2.30. The summed E-state index contributed by atoms with van der Waals surface area (Å²) < 4.78 is 51.3. The number of benzene rings is 2. The van der Waals surface area contributed by atoms with E-state index in [0.717, 1.165) is 15.9 Å². The molecule has 0 atom stereocenters. The third kappa shape index (κ3) is 4.16. The summed E-state index contributed by atoms with van der Waals surface area (Å²) in [5, 5.41) is 24.0. The highest BCUT2D eigenvalue weighted by Crippen LogP contribution is 2.52. The minimum Gasteiger partial charge on any atom is -0.463 e. The standard InChI is InChI=1S/C28H15F3N4O8/c1-14-6-8-16(18(12-14)34(38)39)32-24(20-4-2-10-42-20)22-23(26(32)36)25(21-5-3-11-43-21)33(27(22)37)17-9-7-15(28(29,30)31)13-19(17)35(40)41/h2-13H,1H3. The molecule has 0 N–H and O–H groups in total. The van der Waals surface area contributed by atoms with Gasteiger partial charge in [0.05, 0.1) is 39.1 Å². The first kappa shape index (κ1) is 27.2. The number of nitro benzene ring substituents is 2. The lowest BCUT2D eigenvalue weighted by atomic mass is 10.1. The molecule has 0 fully saturated rings. The number of hydrogen-bond acceptors (Lipinski definition) is 8. The fourth-order valence-corrected chi connectivity index (χ4v) is 5.06. The van der Waals surface area contributed by atoms with Gasteiger partial charge >= 0.3 is 6.18 Å². The summed E-state index contributed by atoms with van der Waals surface area (Å²) in [6, 6.07) is 11.3. The molecule has 2 aliphatic rings. The zero-order valence-corrected chi connectivity index (χ0v) is 21.6. The highest BCUT2D eigenvalue weighted by atomic mass is 19.4. The van der Waals surface area contributed by atoms with E-state index in [9.17, 15) is 43.0 Å². The molecule has 0 saturated carbocycles. The minimum atomic E-state index is -4.93. The number of halogens is 3. The molecule has 2 aliphatic heterocycles. The number of amides is 2. The second kappa shape index (κ2) is 9.54. The van der Waals surface area contributed by atoms with Gasteiger partial charge in [0.15, 0.2) is 11.5 Å². The molecule has 0 saturated heterocycles. The van der Waals surface area contributed by atoms with Gasteiger partial charge in [-0.05, 0) is 55.0 Å². The monoisotopic (exact) mass is 592 g/mol. The van der Waals surface area contributed by atoms with Crippen molar-refractivity contribution in [2.24, 2.45) is 0 Å². The first-order chi connectivity index (χ1) is 20.4. The van der Waals surface area contributed by atoms with Crippen molar-refractivity contribution in [2.75, 3.05) is 9.80 Å². The molecule has 15 heteroatoms. The number of aryl methyl sites for hydroxylation is 1. The van der Waals surface area contributed by atoms with Crippen LogP contribution < -0.4 is 9.80 Å². The third-order valence-corrected chi connectivity index (χ3v) is 6.82. The van der Waals surface area contributed by atoms with Crippen molar-refractivity contribution in [2.45, 2.75) is 13.1 Å². The Balaban J connectivity index is 1.67. The highest BCUT2D eigenvalue weighted by molar-refractivity contribution is 6.41. The first-order valence-corrected chi connectivity index (χ1v) is 12.3. The summed E-state index contributed by atoms with van der Waals surface area (Å²) >= 11 is 0. The van der Waals surface area contributed by atoms with Crippen LogP contribution in [0.5, 0.6) is 0 Å². The van der Waals surface area contributed by atoms with E-state index in [0.29, 0.717) is 11.6 Å². The predicted octanol–water partition coefficient (Wildman–Crippen LogP) is 6.23. The molecule has 0 bridgehead atoms. The normalized spacial score (nSPS) is 15.2. The average molecular weight is 592 g/mol. The van der Waals surface area contributed by atoms with Crippen LogP contribution in [0.25, 0.3) is 11.4 Å². The zero-order chi connectivity index (χ0) is 30.8. The quantitative estimate of drug-likeness (QED) is 0.189. The Kier molecular flexibility index (Phi) is 6.03. The number of fused-ring (bicyclic) bond motifs is 1. The summed E-state index contributed by atoms with van der Waals surface area (Å²) in [5.41, 5.74) is -4.31. The first-order valence-electron chi connectivity index (χ1n) is 12.3. The molecule has 0 spiro atoms. The molecule has 2 amide bonds. The van der Waals surface area contributed by atoms with Gasteiger partial charge in [-0.15, -0.1) is 0 Å². The maximum absolute atomic E-state index is 14.2. The van der Waals surface area contributed by atoms with E-state index in [4.69, 9.17) is 8.83 Å². The van der Waals surface area contributed by atoms with Crippen molar-refractivity contribution >= 4 is 46.0 Å². The van der Waals surface area contributed by atoms with Gasteiger partial charge in [0.1, 0.15) is 22.8 Å². The van der Waals surface area contributed by atoms with Crippen molar-refractivity contribution in [1.82, 2.24) is 0 Å². The molecular weight excluding hydrogens is 577 g/mol. The summed E-state index contributed by atoms with van der Waals surface area (Å²) in [4.78, 5) is 52.3.